The number of carboxylic acids is 1. The zero-order valence-corrected chi connectivity index (χ0v) is 9.98. The van der Waals surface area contributed by atoms with E-state index in [1.165, 1.54) is 6.92 Å². The van der Waals surface area contributed by atoms with Crippen molar-refractivity contribution in [1.82, 2.24) is 4.90 Å². The van der Waals surface area contributed by atoms with Crippen LogP contribution < -0.4 is 0 Å². The highest BCUT2D eigenvalue weighted by molar-refractivity contribution is 6.08. The Morgan fingerprint density at radius 3 is 1.94 bits per heavy atom. The molecular formula is C11H17NO4. The van der Waals surface area contributed by atoms with Crippen molar-refractivity contribution in [3.63, 3.8) is 0 Å². The average molecular weight is 227 g/mol. The first-order valence-electron chi connectivity index (χ1n) is 5.38. The van der Waals surface area contributed by atoms with Gasteiger partial charge in [-0.2, -0.15) is 0 Å². The van der Waals surface area contributed by atoms with E-state index in [4.69, 9.17) is 5.11 Å². The molecule has 0 aromatic carbocycles. The Balaban J connectivity index is 3.18. The Morgan fingerprint density at radius 1 is 1.31 bits per heavy atom. The predicted octanol–water partition coefficient (Wildman–Crippen LogP) is 0.881. The third kappa shape index (κ3) is 1.50. The van der Waals surface area contributed by atoms with Gasteiger partial charge in [0.2, 0.25) is 11.8 Å². The van der Waals surface area contributed by atoms with Gasteiger partial charge >= 0.3 is 5.97 Å². The van der Waals surface area contributed by atoms with Crippen LogP contribution in [0.25, 0.3) is 0 Å². The highest BCUT2D eigenvalue weighted by Crippen LogP contribution is 2.33. The van der Waals surface area contributed by atoms with Crippen LogP contribution in [0.2, 0.25) is 0 Å². The molecule has 0 spiro atoms. The zero-order valence-electron chi connectivity index (χ0n) is 9.98. The number of aliphatic carboxylic acids is 1. The van der Waals surface area contributed by atoms with E-state index in [9.17, 15) is 14.4 Å². The zero-order chi connectivity index (χ0) is 12.7. The summed E-state index contributed by atoms with van der Waals surface area (Å²) < 4.78 is 0. The molecule has 0 bridgehead atoms. The number of carboxylic acid groups (broad SMARTS) is 1. The van der Waals surface area contributed by atoms with E-state index in [-0.39, 0.29) is 18.2 Å². The van der Waals surface area contributed by atoms with E-state index in [0.29, 0.717) is 0 Å². The highest BCUT2D eigenvalue weighted by atomic mass is 16.4. The number of imide groups is 1. The SMILES string of the molecule is CCC(C)(C(=O)O)N1C(=O)C(C)C(C)C1=O. The van der Waals surface area contributed by atoms with E-state index < -0.39 is 23.3 Å². The molecular weight excluding hydrogens is 210 g/mol. The fourth-order valence-electron chi connectivity index (χ4n) is 1.84. The molecule has 1 heterocycles. The van der Waals surface area contributed by atoms with Crippen LogP contribution in [-0.2, 0) is 14.4 Å². The Morgan fingerprint density at radius 2 is 1.69 bits per heavy atom. The summed E-state index contributed by atoms with van der Waals surface area (Å²) in [4.78, 5) is 35.9. The van der Waals surface area contributed by atoms with Crippen molar-refractivity contribution in [2.45, 2.75) is 39.7 Å². The second-order valence-corrected chi connectivity index (χ2v) is 4.52. The summed E-state index contributed by atoms with van der Waals surface area (Å²) in [5.74, 6) is -2.78. The van der Waals surface area contributed by atoms with Gasteiger partial charge in [0, 0.05) is 11.8 Å². The lowest BCUT2D eigenvalue weighted by atomic mass is 9.97. The molecule has 16 heavy (non-hydrogen) atoms. The van der Waals surface area contributed by atoms with Crippen LogP contribution in [0.1, 0.15) is 34.1 Å². The maximum Gasteiger partial charge on any atom is 0.329 e. The van der Waals surface area contributed by atoms with Crippen molar-refractivity contribution in [3.8, 4) is 0 Å². The van der Waals surface area contributed by atoms with Gasteiger partial charge in [0.25, 0.3) is 0 Å². The van der Waals surface area contributed by atoms with Gasteiger partial charge in [0.1, 0.15) is 5.54 Å². The average Bonchev–Trinajstić information content (AvgIpc) is 2.42. The van der Waals surface area contributed by atoms with Crippen LogP contribution in [0.3, 0.4) is 0 Å². The maximum absolute atomic E-state index is 11.9. The van der Waals surface area contributed by atoms with Crippen LogP contribution in [0.15, 0.2) is 0 Å². The normalized spacial score (nSPS) is 29.4. The number of carbonyl (C=O) groups excluding carboxylic acids is 2. The van der Waals surface area contributed by atoms with Crippen LogP contribution in [0, 0.1) is 11.8 Å². The second kappa shape index (κ2) is 3.88. The van der Waals surface area contributed by atoms with Crippen LogP contribution in [-0.4, -0.2) is 33.3 Å². The topological polar surface area (TPSA) is 74.7 Å². The number of carbonyl (C=O) groups is 3. The van der Waals surface area contributed by atoms with Crippen molar-refractivity contribution in [2.24, 2.45) is 11.8 Å². The van der Waals surface area contributed by atoms with Crippen molar-refractivity contribution in [3.05, 3.63) is 0 Å². The monoisotopic (exact) mass is 227 g/mol. The minimum atomic E-state index is -1.42. The summed E-state index contributed by atoms with van der Waals surface area (Å²) in [6.45, 7) is 6.38. The van der Waals surface area contributed by atoms with Crippen LogP contribution in [0.5, 0.6) is 0 Å². The molecule has 1 aliphatic rings. The number of hydrogen-bond donors (Lipinski definition) is 1. The molecule has 3 atom stereocenters. The minimum absolute atomic E-state index is 0.208. The molecule has 1 rings (SSSR count). The van der Waals surface area contributed by atoms with Gasteiger partial charge in [-0.3, -0.25) is 14.5 Å². The molecule has 0 saturated carbocycles. The van der Waals surface area contributed by atoms with Crippen molar-refractivity contribution >= 4 is 17.8 Å². The fraction of sp³-hybridized carbons (Fsp3) is 0.727. The molecule has 0 aromatic heterocycles. The van der Waals surface area contributed by atoms with Crippen molar-refractivity contribution < 1.29 is 19.5 Å². The van der Waals surface area contributed by atoms with Gasteiger partial charge in [0.05, 0.1) is 0 Å². The largest absolute Gasteiger partial charge is 0.479 e. The number of nitrogens with zero attached hydrogens (tertiary/aromatic N) is 1. The van der Waals surface area contributed by atoms with E-state index in [0.717, 1.165) is 4.90 Å². The summed E-state index contributed by atoms with van der Waals surface area (Å²) in [5, 5.41) is 9.15. The molecule has 3 unspecified atom stereocenters. The number of likely N-dealkylation sites (tertiary alicyclic amines) is 1. The summed E-state index contributed by atoms with van der Waals surface area (Å²) in [6, 6.07) is 0. The summed E-state index contributed by atoms with van der Waals surface area (Å²) in [7, 11) is 0. The Kier molecular flexibility index (Phi) is 3.08. The molecule has 5 nitrogen and oxygen atoms in total. The summed E-state index contributed by atoms with van der Waals surface area (Å²) in [5.41, 5.74) is -1.42. The Hall–Kier alpha value is -1.39. The predicted molar refractivity (Wildman–Crippen MR) is 56.5 cm³/mol. The van der Waals surface area contributed by atoms with Gasteiger partial charge in [-0.15, -0.1) is 0 Å². The van der Waals surface area contributed by atoms with Gasteiger partial charge < -0.3 is 5.11 Å². The van der Waals surface area contributed by atoms with Gasteiger partial charge in [-0.25, -0.2) is 4.79 Å². The van der Waals surface area contributed by atoms with Gasteiger partial charge in [-0.1, -0.05) is 20.8 Å². The molecule has 1 aliphatic heterocycles. The minimum Gasteiger partial charge on any atom is -0.479 e. The lowest BCUT2D eigenvalue weighted by Crippen LogP contribution is -2.55. The van der Waals surface area contributed by atoms with Crippen LogP contribution >= 0.6 is 0 Å². The molecule has 1 N–H and O–H groups in total. The number of hydrogen-bond acceptors (Lipinski definition) is 3. The van der Waals surface area contributed by atoms with Crippen LogP contribution in [0.4, 0.5) is 0 Å². The first-order valence-corrected chi connectivity index (χ1v) is 5.38. The quantitative estimate of drug-likeness (QED) is 0.726. The third-order valence-electron chi connectivity index (χ3n) is 3.61. The second-order valence-electron chi connectivity index (χ2n) is 4.52. The summed E-state index contributed by atoms with van der Waals surface area (Å²) >= 11 is 0. The third-order valence-corrected chi connectivity index (χ3v) is 3.61. The maximum atomic E-state index is 11.9. The lowest BCUT2D eigenvalue weighted by Gasteiger charge is -2.32. The molecule has 1 fully saturated rings. The molecule has 1 saturated heterocycles. The first-order chi connectivity index (χ1) is 7.27. The highest BCUT2D eigenvalue weighted by Gasteiger charge is 2.53. The van der Waals surface area contributed by atoms with Crippen molar-refractivity contribution in [2.75, 3.05) is 0 Å². The van der Waals surface area contributed by atoms with E-state index in [1.807, 2.05) is 0 Å². The molecule has 0 radical (unpaired) electrons. The van der Waals surface area contributed by atoms with E-state index >= 15 is 0 Å². The molecule has 5 heteroatoms. The van der Waals surface area contributed by atoms with Gasteiger partial charge in [0.15, 0.2) is 0 Å². The van der Waals surface area contributed by atoms with Crippen molar-refractivity contribution in [1.29, 1.82) is 0 Å². The molecule has 90 valence electrons. The Bertz CT molecular complexity index is 332. The fourth-order valence-corrected chi connectivity index (χ4v) is 1.84. The smallest absolute Gasteiger partial charge is 0.329 e. The number of rotatable bonds is 3. The van der Waals surface area contributed by atoms with E-state index in [1.54, 1.807) is 20.8 Å². The number of amides is 2. The Labute approximate surface area is 94.4 Å². The standard InChI is InChI=1S/C11H17NO4/c1-5-11(4,10(15)16)12-8(13)6(2)7(3)9(12)14/h6-7H,5H2,1-4H3,(H,15,16). The molecule has 0 aromatic rings. The van der Waals surface area contributed by atoms with Gasteiger partial charge in [-0.05, 0) is 13.3 Å². The lowest BCUT2D eigenvalue weighted by molar-refractivity contribution is -0.162. The van der Waals surface area contributed by atoms with E-state index in [2.05, 4.69) is 0 Å². The molecule has 2 amide bonds. The molecule has 0 aliphatic carbocycles. The summed E-state index contributed by atoms with van der Waals surface area (Å²) in [6.07, 6.45) is 0.208. The first kappa shape index (κ1) is 12.7.